The number of methoxy groups -OCH3 is 1. The van der Waals surface area contributed by atoms with Gasteiger partial charge < -0.3 is 35.2 Å². The molecule has 3 aliphatic rings. The number of phenolic OH excluding ortho intramolecular Hbond substituents is 2. The van der Waals surface area contributed by atoms with Crippen molar-refractivity contribution in [1.29, 1.82) is 0 Å². The van der Waals surface area contributed by atoms with Crippen molar-refractivity contribution in [2.75, 3.05) is 14.2 Å². The van der Waals surface area contributed by atoms with Crippen molar-refractivity contribution < 1.29 is 48.7 Å². The summed E-state index contributed by atoms with van der Waals surface area (Å²) in [7, 11) is 2.93. The Balaban J connectivity index is 1.68. The third kappa shape index (κ3) is 4.02. The lowest BCUT2D eigenvalue weighted by molar-refractivity contribution is -0.158. The number of ketones is 3. The highest BCUT2D eigenvalue weighted by atomic mass is 19.1. The third-order valence-corrected chi connectivity index (χ3v) is 8.67. The Morgan fingerprint density at radius 2 is 1.80 bits per heavy atom. The fourth-order valence-corrected chi connectivity index (χ4v) is 6.50. The van der Waals surface area contributed by atoms with E-state index in [2.05, 4.69) is 5.32 Å². The number of Topliss-reactive ketones (excluding diaryl/α,β-unsaturated/α-hetero) is 1. The summed E-state index contributed by atoms with van der Waals surface area (Å²) in [5.74, 6) is -3.65. The second-order valence-electron chi connectivity index (χ2n) is 11.0. The van der Waals surface area contributed by atoms with Gasteiger partial charge in [-0.2, -0.15) is 0 Å². The van der Waals surface area contributed by atoms with E-state index in [9.17, 15) is 34.8 Å². The fourth-order valence-electron chi connectivity index (χ4n) is 6.50. The number of alkyl halides is 1. The van der Waals surface area contributed by atoms with E-state index in [1.807, 2.05) is 6.92 Å². The van der Waals surface area contributed by atoms with Crippen LogP contribution in [0.5, 0.6) is 17.2 Å². The molecule has 1 fully saturated rings. The number of phenols is 2. The molecule has 1 saturated carbocycles. The average molecular weight is 558 g/mol. The number of rotatable bonds is 5. The van der Waals surface area contributed by atoms with E-state index >= 15 is 4.39 Å². The van der Waals surface area contributed by atoms with E-state index in [0.717, 1.165) is 6.92 Å². The lowest BCUT2D eigenvalue weighted by Gasteiger charge is -2.44. The normalized spacial score (nSPS) is 31.3. The molecule has 40 heavy (non-hydrogen) atoms. The van der Waals surface area contributed by atoms with E-state index < -0.39 is 88.9 Å². The quantitative estimate of drug-likeness (QED) is 0.293. The van der Waals surface area contributed by atoms with Crippen molar-refractivity contribution in [2.24, 2.45) is 5.92 Å². The first-order valence-corrected chi connectivity index (χ1v) is 13.1. The highest BCUT2D eigenvalue weighted by molar-refractivity contribution is 6.31. The van der Waals surface area contributed by atoms with Crippen LogP contribution in [0.3, 0.4) is 0 Å². The number of carbonyl (C=O) groups excluding carboxylic acids is 3. The fraction of sp³-hybridized carbons (Fsp3) is 0.483. The molecule has 3 aliphatic carbocycles. The molecule has 0 saturated heterocycles. The Kier molecular flexibility index (Phi) is 6.98. The van der Waals surface area contributed by atoms with E-state index in [1.165, 1.54) is 25.3 Å². The Labute approximate surface area is 229 Å². The van der Waals surface area contributed by atoms with Crippen molar-refractivity contribution >= 4 is 17.3 Å². The Morgan fingerprint density at radius 3 is 2.42 bits per heavy atom. The summed E-state index contributed by atoms with van der Waals surface area (Å²) in [5.41, 5.74) is -3.40. The topological polar surface area (TPSA) is 163 Å². The van der Waals surface area contributed by atoms with Crippen LogP contribution in [0.2, 0.25) is 0 Å². The minimum Gasteiger partial charge on any atom is -0.507 e. The molecule has 10 nitrogen and oxygen atoms in total. The van der Waals surface area contributed by atoms with Gasteiger partial charge in [-0.15, -0.1) is 0 Å². The molecular formula is C29H32FNO9. The molecule has 0 aliphatic heterocycles. The summed E-state index contributed by atoms with van der Waals surface area (Å²) >= 11 is 0. The third-order valence-electron chi connectivity index (χ3n) is 8.67. The molecular weight excluding hydrogens is 525 g/mol. The zero-order valence-electron chi connectivity index (χ0n) is 22.5. The Hall–Kier alpha value is -3.38. The highest BCUT2D eigenvalue weighted by Crippen LogP contribution is 2.52. The number of carbonyl (C=O) groups is 3. The minimum absolute atomic E-state index is 0.0403. The monoisotopic (exact) mass is 557 g/mol. The van der Waals surface area contributed by atoms with Crippen LogP contribution in [0.15, 0.2) is 18.2 Å². The summed E-state index contributed by atoms with van der Waals surface area (Å²) in [6, 6.07) is 3.85. The van der Waals surface area contributed by atoms with Gasteiger partial charge in [0.05, 0.1) is 36.0 Å². The predicted octanol–water partition coefficient (Wildman–Crippen LogP) is 1.90. The molecule has 0 spiro atoms. The van der Waals surface area contributed by atoms with Crippen molar-refractivity contribution in [3.63, 3.8) is 0 Å². The lowest BCUT2D eigenvalue weighted by Crippen LogP contribution is -2.57. The molecule has 0 aromatic heterocycles. The van der Waals surface area contributed by atoms with Gasteiger partial charge in [0.15, 0.2) is 17.7 Å². The number of aromatic hydroxyl groups is 2. The summed E-state index contributed by atoms with van der Waals surface area (Å²) in [4.78, 5) is 39.8. The maximum atomic E-state index is 15.4. The summed E-state index contributed by atoms with van der Waals surface area (Å²) in [6.45, 7) is 2.96. The second kappa shape index (κ2) is 9.91. The van der Waals surface area contributed by atoms with Crippen molar-refractivity contribution in [2.45, 2.75) is 69.2 Å². The molecule has 0 bridgehead atoms. The van der Waals surface area contributed by atoms with Gasteiger partial charge >= 0.3 is 0 Å². The van der Waals surface area contributed by atoms with Gasteiger partial charge in [-0.1, -0.05) is 19.1 Å². The number of aliphatic hydroxyl groups excluding tert-OH is 1. The first-order chi connectivity index (χ1) is 18.9. The first-order valence-electron chi connectivity index (χ1n) is 13.1. The van der Waals surface area contributed by atoms with Crippen LogP contribution in [0.4, 0.5) is 4.39 Å². The van der Waals surface area contributed by atoms with Crippen LogP contribution in [0, 0.1) is 5.92 Å². The average Bonchev–Trinajstić information content (AvgIpc) is 2.91. The number of aliphatic hydroxyl groups is 2. The molecule has 5 N–H and O–H groups in total. The number of ether oxygens (including phenoxy) is 2. The van der Waals surface area contributed by atoms with Crippen LogP contribution in [-0.2, 0) is 16.0 Å². The minimum atomic E-state index is -2.07. The van der Waals surface area contributed by atoms with Crippen molar-refractivity contribution in [1.82, 2.24) is 5.32 Å². The smallest absolute Gasteiger partial charge is 0.202 e. The van der Waals surface area contributed by atoms with Gasteiger partial charge in [0, 0.05) is 35.6 Å². The van der Waals surface area contributed by atoms with Crippen LogP contribution < -0.4 is 10.1 Å². The van der Waals surface area contributed by atoms with Gasteiger partial charge in [-0.3, -0.25) is 14.4 Å². The van der Waals surface area contributed by atoms with Gasteiger partial charge in [-0.05, 0) is 32.4 Å². The molecule has 7 unspecified atom stereocenters. The maximum Gasteiger partial charge on any atom is 0.202 e. The molecule has 0 heterocycles. The number of hydrogen-bond acceptors (Lipinski definition) is 10. The standard InChI is InChI=1S/C29H32FNO9/c1-11-8-16(22(30)28(37)23(11)31-3)40-17-10-29(38,12(2)32)9-14-19(17)27(36)21-20(25(14)34)24(33)13-6-5-7-15(39-4)18(13)26(21)35/h5-7,11,16-17,22-23,28,31,34,36-38H,8-10H2,1-4H3. The molecule has 0 amide bonds. The largest absolute Gasteiger partial charge is 0.507 e. The SMILES string of the molecule is CNC1C(C)CC(OC2CC(O)(C(C)=O)Cc3c(O)c4c(c(O)c32)C(=O)c2c(OC)cccc2C4=O)C(F)C1O. The molecule has 5 rings (SSSR count). The molecule has 11 heteroatoms. The maximum absolute atomic E-state index is 15.4. The van der Waals surface area contributed by atoms with Crippen molar-refractivity contribution in [3.8, 4) is 17.2 Å². The summed E-state index contributed by atoms with van der Waals surface area (Å²) < 4.78 is 26.7. The van der Waals surface area contributed by atoms with Gasteiger partial charge in [0.1, 0.15) is 29.0 Å². The van der Waals surface area contributed by atoms with Crippen LogP contribution in [-0.4, -0.2) is 82.0 Å². The molecule has 0 radical (unpaired) electrons. The number of fused-ring (bicyclic) bond motifs is 3. The van der Waals surface area contributed by atoms with Crippen LogP contribution >= 0.6 is 0 Å². The molecule has 214 valence electrons. The van der Waals surface area contributed by atoms with E-state index in [4.69, 9.17) is 9.47 Å². The van der Waals surface area contributed by atoms with Gasteiger partial charge in [0.2, 0.25) is 5.78 Å². The zero-order chi connectivity index (χ0) is 29.3. The van der Waals surface area contributed by atoms with E-state index in [-0.39, 0.29) is 40.3 Å². The Bertz CT molecular complexity index is 1420. The number of likely N-dealkylation sites (N-methyl/N-ethyl adjacent to an activating group) is 1. The predicted molar refractivity (Wildman–Crippen MR) is 139 cm³/mol. The van der Waals surface area contributed by atoms with Crippen molar-refractivity contribution in [3.05, 3.63) is 51.6 Å². The number of nitrogens with one attached hydrogen (secondary N) is 1. The molecule has 2 aromatic rings. The zero-order valence-corrected chi connectivity index (χ0v) is 22.5. The van der Waals surface area contributed by atoms with E-state index in [1.54, 1.807) is 7.05 Å². The van der Waals surface area contributed by atoms with Gasteiger partial charge in [0.25, 0.3) is 0 Å². The second-order valence-corrected chi connectivity index (χ2v) is 11.0. The first kappa shape index (κ1) is 28.2. The Morgan fingerprint density at radius 1 is 1.12 bits per heavy atom. The summed E-state index contributed by atoms with van der Waals surface area (Å²) in [5, 5.41) is 47.6. The molecule has 7 atom stereocenters. The van der Waals surface area contributed by atoms with Crippen LogP contribution in [0.25, 0.3) is 0 Å². The lowest BCUT2D eigenvalue weighted by atomic mass is 9.71. The highest BCUT2D eigenvalue weighted by Gasteiger charge is 2.50. The number of halogens is 1. The number of hydrogen-bond donors (Lipinski definition) is 5. The van der Waals surface area contributed by atoms with Crippen LogP contribution in [0.1, 0.15) is 75.8 Å². The van der Waals surface area contributed by atoms with Gasteiger partial charge in [-0.25, -0.2) is 4.39 Å². The molecule has 2 aromatic carbocycles. The number of benzene rings is 2. The van der Waals surface area contributed by atoms with E-state index in [0.29, 0.717) is 0 Å². The summed E-state index contributed by atoms with van der Waals surface area (Å²) in [6.07, 6.45) is -6.54.